The summed E-state index contributed by atoms with van der Waals surface area (Å²) in [7, 11) is 3.94. The van der Waals surface area contributed by atoms with Crippen LogP contribution in [0.2, 0.25) is 0 Å². The van der Waals surface area contributed by atoms with Crippen molar-refractivity contribution in [3.8, 4) is 11.1 Å². The van der Waals surface area contributed by atoms with Crippen molar-refractivity contribution in [3.05, 3.63) is 71.0 Å². The summed E-state index contributed by atoms with van der Waals surface area (Å²) in [5.41, 5.74) is 3.45. The molecule has 3 aromatic rings. The molecule has 2 N–H and O–H groups in total. The van der Waals surface area contributed by atoms with E-state index in [2.05, 4.69) is 20.6 Å². The number of carbonyl (C=O) groups excluding carboxylic acids is 2. The fraction of sp³-hybridized carbons (Fsp3) is 0.333. The fourth-order valence-electron chi connectivity index (χ4n) is 4.97. The normalized spacial score (nSPS) is 18.7. The number of nitrogens with one attached hydrogen (secondary N) is 2. The molecule has 1 heterocycles. The molecule has 5 rings (SSSR count). The van der Waals surface area contributed by atoms with Gasteiger partial charge in [0.25, 0.3) is 5.91 Å². The first-order chi connectivity index (χ1) is 16.4. The van der Waals surface area contributed by atoms with Gasteiger partial charge < -0.3 is 15.5 Å². The van der Waals surface area contributed by atoms with Crippen molar-refractivity contribution in [3.63, 3.8) is 0 Å². The third-order valence-corrected chi connectivity index (χ3v) is 6.69. The Labute approximate surface area is 199 Å². The van der Waals surface area contributed by atoms with E-state index in [1.54, 1.807) is 6.07 Å². The van der Waals surface area contributed by atoms with Gasteiger partial charge in [0.2, 0.25) is 0 Å². The first-order valence-corrected chi connectivity index (χ1v) is 11.8. The molecule has 1 amide bonds. The van der Waals surface area contributed by atoms with Gasteiger partial charge >= 0.3 is 0 Å². The van der Waals surface area contributed by atoms with Crippen molar-refractivity contribution in [1.29, 1.82) is 0 Å². The minimum Gasteiger partial charge on any atom is -0.367 e. The lowest BCUT2D eigenvalue weighted by Crippen LogP contribution is -2.40. The average Bonchev–Trinajstić information content (AvgIpc) is 3.12. The van der Waals surface area contributed by atoms with Gasteiger partial charge in [-0.3, -0.25) is 9.59 Å². The summed E-state index contributed by atoms with van der Waals surface area (Å²) in [5, 5.41) is 6.76. The van der Waals surface area contributed by atoms with Crippen molar-refractivity contribution < 1.29 is 9.59 Å². The molecule has 1 saturated carbocycles. The summed E-state index contributed by atoms with van der Waals surface area (Å²) in [5.74, 6) is 2.34. The molecule has 1 fully saturated rings. The maximum atomic E-state index is 13.2. The van der Waals surface area contributed by atoms with Crippen LogP contribution in [-0.4, -0.2) is 47.8 Å². The van der Waals surface area contributed by atoms with E-state index in [0.29, 0.717) is 22.7 Å². The molecule has 2 aromatic carbocycles. The van der Waals surface area contributed by atoms with Gasteiger partial charge in [-0.1, -0.05) is 36.4 Å². The monoisotopic (exact) mass is 455 g/mol. The minimum absolute atomic E-state index is 0.00999. The van der Waals surface area contributed by atoms with Crippen molar-refractivity contribution in [2.24, 2.45) is 0 Å². The fourth-order valence-corrected chi connectivity index (χ4v) is 4.97. The zero-order valence-corrected chi connectivity index (χ0v) is 19.8. The lowest BCUT2D eigenvalue weighted by atomic mass is 9.90. The molecule has 7 nitrogen and oxygen atoms in total. The van der Waals surface area contributed by atoms with E-state index in [1.807, 2.05) is 68.4 Å². The number of nitrogens with zero attached hydrogens (tertiary/aromatic N) is 3. The molecule has 2 aliphatic carbocycles. The quantitative estimate of drug-likeness (QED) is 0.469. The van der Waals surface area contributed by atoms with E-state index in [1.165, 1.54) is 0 Å². The van der Waals surface area contributed by atoms with Gasteiger partial charge in [0.15, 0.2) is 5.78 Å². The molecule has 0 atom stereocenters. The van der Waals surface area contributed by atoms with Crippen LogP contribution in [0.1, 0.15) is 57.8 Å². The number of ketones is 1. The maximum Gasteiger partial charge on any atom is 0.252 e. The number of hydrogen-bond acceptors (Lipinski definition) is 6. The molecule has 0 unspecified atom stereocenters. The standard InChI is InChI=1S/C27H29N5O2/c1-16-28-23(15-24(29-16)32(2)3)30-17-11-13-18(14-12-17)31-27(34)22-10-6-9-21-25(22)19-7-4-5-8-20(19)26(21)33/h4-10,15,17-18H,11-14H2,1-3H3,(H,31,34)(H,28,29,30). The Morgan fingerprint density at radius 3 is 2.32 bits per heavy atom. The molecule has 0 radical (unpaired) electrons. The van der Waals surface area contributed by atoms with E-state index >= 15 is 0 Å². The summed E-state index contributed by atoms with van der Waals surface area (Å²) in [6, 6.07) is 15.3. The summed E-state index contributed by atoms with van der Waals surface area (Å²) in [6.07, 6.45) is 3.66. The smallest absolute Gasteiger partial charge is 0.252 e. The Morgan fingerprint density at radius 1 is 0.912 bits per heavy atom. The first-order valence-electron chi connectivity index (χ1n) is 11.8. The van der Waals surface area contributed by atoms with Crippen LogP contribution in [0.5, 0.6) is 0 Å². The number of aromatic nitrogens is 2. The highest BCUT2D eigenvalue weighted by atomic mass is 16.1. The van der Waals surface area contributed by atoms with E-state index < -0.39 is 0 Å². The number of fused-ring (bicyclic) bond motifs is 3. The molecular formula is C27H29N5O2. The summed E-state index contributed by atoms with van der Waals surface area (Å²) in [4.78, 5) is 37.0. The van der Waals surface area contributed by atoms with Crippen LogP contribution in [-0.2, 0) is 0 Å². The Balaban J connectivity index is 1.24. The van der Waals surface area contributed by atoms with Crippen molar-refractivity contribution in [2.75, 3.05) is 24.3 Å². The van der Waals surface area contributed by atoms with Gasteiger partial charge in [0, 0.05) is 54.5 Å². The van der Waals surface area contributed by atoms with Crippen LogP contribution in [0.4, 0.5) is 11.6 Å². The summed E-state index contributed by atoms with van der Waals surface area (Å²) in [6.45, 7) is 1.90. The van der Waals surface area contributed by atoms with Crippen LogP contribution in [0.25, 0.3) is 11.1 Å². The van der Waals surface area contributed by atoms with Gasteiger partial charge in [-0.05, 0) is 44.2 Å². The molecular weight excluding hydrogens is 426 g/mol. The summed E-state index contributed by atoms with van der Waals surface area (Å²) >= 11 is 0. The second-order valence-electron chi connectivity index (χ2n) is 9.32. The third kappa shape index (κ3) is 4.14. The van der Waals surface area contributed by atoms with Crippen molar-refractivity contribution in [1.82, 2.24) is 15.3 Å². The number of benzene rings is 2. The van der Waals surface area contributed by atoms with E-state index in [-0.39, 0.29) is 17.7 Å². The van der Waals surface area contributed by atoms with Gasteiger partial charge in [-0.2, -0.15) is 0 Å². The zero-order chi connectivity index (χ0) is 23.8. The highest BCUT2D eigenvalue weighted by Gasteiger charge is 2.31. The highest BCUT2D eigenvalue weighted by Crippen LogP contribution is 2.38. The van der Waals surface area contributed by atoms with Gasteiger partial charge in [0.05, 0.1) is 0 Å². The molecule has 0 bridgehead atoms. The van der Waals surface area contributed by atoms with Gasteiger partial charge in [0.1, 0.15) is 17.5 Å². The Morgan fingerprint density at radius 2 is 1.59 bits per heavy atom. The number of aryl methyl sites for hydroxylation is 1. The van der Waals surface area contributed by atoms with Crippen LogP contribution in [0.3, 0.4) is 0 Å². The molecule has 0 saturated heterocycles. The molecule has 0 aliphatic heterocycles. The number of hydrogen-bond donors (Lipinski definition) is 2. The van der Waals surface area contributed by atoms with Crippen molar-refractivity contribution >= 4 is 23.3 Å². The molecule has 174 valence electrons. The van der Waals surface area contributed by atoms with Crippen molar-refractivity contribution in [2.45, 2.75) is 44.7 Å². The average molecular weight is 456 g/mol. The number of rotatable bonds is 5. The second-order valence-corrected chi connectivity index (χ2v) is 9.32. The second kappa shape index (κ2) is 8.89. The predicted octanol–water partition coefficient (Wildman–Crippen LogP) is 4.22. The van der Waals surface area contributed by atoms with Crippen LogP contribution < -0.4 is 15.5 Å². The van der Waals surface area contributed by atoms with Crippen LogP contribution in [0, 0.1) is 6.92 Å². The third-order valence-electron chi connectivity index (χ3n) is 6.69. The number of amides is 1. The minimum atomic E-state index is -0.111. The van der Waals surface area contributed by atoms with E-state index in [4.69, 9.17) is 0 Å². The largest absolute Gasteiger partial charge is 0.367 e. The molecule has 2 aliphatic rings. The maximum absolute atomic E-state index is 13.2. The van der Waals surface area contributed by atoms with Crippen LogP contribution >= 0.6 is 0 Å². The molecule has 1 aromatic heterocycles. The zero-order valence-electron chi connectivity index (χ0n) is 19.8. The Hall–Kier alpha value is -3.74. The summed E-state index contributed by atoms with van der Waals surface area (Å²) < 4.78 is 0. The predicted molar refractivity (Wildman–Crippen MR) is 134 cm³/mol. The number of carbonyl (C=O) groups is 2. The molecule has 7 heteroatoms. The highest BCUT2D eigenvalue weighted by molar-refractivity contribution is 6.24. The van der Waals surface area contributed by atoms with Gasteiger partial charge in [-0.25, -0.2) is 9.97 Å². The van der Waals surface area contributed by atoms with Crippen LogP contribution in [0.15, 0.2) is 48.5 Å². The SMILES string of the molecule is Cc1nc(NC2CCC(NC(=O)c3cccc4c3-c3ccccc3C4=O)CC2)cc(N(C)C)n1. The van der Waals surface area contributed by atoms with E-state index in [0.717, 1.165) is 54.3 Å². The number of anilines is 2. The van der Waals surface area contributed by atoms with E-state index in [9.17, 15) is 9.59 Å². The molecule has 34 heavy (non-hydrogen) atoms. The molecule has 0 spiro atoms. The Bertz CT molecular complexity index is 1260. The van der Waals surface area contributed by atoms with Gasteiger partial charge in [-0.15, -0.1) is 0 Å². The topological polar surface area (TPSA) is 87.2 Å². The Kier molecular flexibility index (Phi) is 5.77. The first kappa shape index (κ1) is 22.1. The lowest BCUT2D eigenvalue weighted by molar-refractivity contribution is 0.0927. The lowest BCUT2D eigenvalue weighted by Gasteiger charge is -2.30.